The Balaban J connectivity index is 0.00000372. The number of fused-ring (bicyclic) bond motifs is 1. The lowest BCUT2D eigenvalue weighted by Crippen LogP contribution is -2.41. The van der Waals surface area contributed by atoms with E-state index in [2.05, 4.69) is 14.7 Å². The van der Waals surface area contributed by atoms with Gasteiger partial charge in [0.05, 0.1) is 25.6 Å². The Hall–Kier alpha value is -5.36. The van der Waals surface area contributed by atoms with Crippen molar-refractivity contribution >= 4 is 27.3 Å². The summed E-state index contributed by atoms with van der Waals surface area (Å²) in [6, 6.07) is 19.8. The van der Waals surface area contributed by atoms with Gasteiger partial charge < -0.3 is 14.4 Å². The highest BCUT2D eigenvalue weighted by Gasteiger charge is 2.28. The van der Waals surface area contributed by atoms with Gasteiger partial charge in [0, 0.05) is 21.6 Å². The summed E-state index contributed by atoms with van der Waals surface area (Å²) in [6.07, 6.45) is 1.17. The molecule has 0 radical (unpaired) electrons. The molecule has 1 aliphatic rings. The lowest BCUT2D eigenvalue weighted by atomic mass is 9.98. The number of ketones is 1. The van der Waals surface area contributed by atoms with Crippen LogP contribution < -0.4 is 21.1 Å². The Morgan fingerprint density at radius 3 is 2.43 bits per heavy atom. The number of ether oxygens (including phenoxy) is 1. The van der Waals surface area contributed by atoms with E-state index >= 15 is 4.39 Å². The van der Waals surface area contributed by atoms with Gasteiger partial charge in [-0.2, -0.15) is 5.16 Å². The molecule has 0 aliphatic heterocycles. The fourth-order valence-corrected chi connectivity index (χ4v) is 6.65. The Morgan fingerprint density at radius 1 is 1.04 bits per heavy atom. The first-order valence-corrected chi connectivity index (χ1v) is 15.0. The van der Waals surface area contributed by atoms with Gasteiger partial charge in [0.2, 0.25) is 0 Å². The number of rotatable bonds is 9. The molecular weight excluding hydrogens is 611 g/mol. The average Bonchev–Trinajstić information content (AvgIpc) is 3.66. The maximum Gasteiger partial charge on any atom is 0.332 e. The summed E-state index contributed by atoms with van der Waals surface area (Å²) >= 11 is 1.36. The van der Waals surface area contributed by atoms with E-state index in [0.717, 1.165) is 22.3 Å². The number of Topliss-reactive ketones (excluding diaryl/α,β-unsaturated/α-hetero) is 1. The van der Waals surface area contributed by atoms with Crippen LogP contribution >= 0.6 is 11.3 Å². The van der Waals surface area contributed by atoms with E-state index in [1.807, 2.05) is 0 Å². The zero-order valence-electron chi connectivity index (χ0n) is 23.9. The van der Waals surface area contributed by atoms with Crippen LogP contribution in [0.1, 0.15) is 47.0 Å². The van der Waals surface area contributed by atoms with Crippen molar-refractivity contribution in [2.45, 2.75) is 39.3 Å². The van der Waals surface area contributed by atoms with Crippen LogP contribution in [0, 0.1) is 5.82 Å². The monoisotopic (exact) mass is 639 g/mol. The maximum atomic E-state index is 15.8. The molecule has 0 N–H and O–H groups in total. The van der Waals surface area contributed by atoms with E-state index in [1.165, 1.54) is 29.1 Å². The van der Waals surface area contributed by atoms with Crippen LogP contribution in [0.2, 0.25) is 0 Å². The van der Waals surface area contributed by atoms with Gasteiger partial charge in [0.15, 0.2) is 17.7 Å². The van der Waals surface area contributed by atoms with Crippen molar-refractivity contribution in [3.05, 3.63) is 115 Å². The largest absolute Gasteiger partial charge is 0.528 e. The summed E-state index contributed by atoms with van der Waals surface area (Å²) in [6.45, 7) is -0.622. The smallest absolute Gasteiger partial charge is 0.332 e. The first-order chi connectivity index (χ1) is 21.8. The van der Waals surface area contributed by atoms with Gasteiger partial charge in [-0.15, -0.1) is 11.3 Å². The van der Waals surface area contributed by atoms with Gasteiger partial charge >= 0.3 is 5.69 Å². The molecule has 6 aromatic rings. The number of methoxy groups -OCH3 is 1. The van der Waals surface area contributed by atoms with Gasteiger partial charge in [-0.1, -0.05) is 43.8 Å². The lowest BCUT2D eigenvalue weighted by Gasteiger charge is -2.14. The SMILES string of the molecule is C.COc1ccc(C(=O)Cn2c(=O)c3cc(C4CC4)sc3n(Cc3ccc(-c4ccccc4-c4noc([O-])n4)cc3F)c2=O)cc1. The highest BCUT2D eigenvalue weighted by atomic mass is 32.1. The molecule has 1 aliphatic carbocycles. The Kier molecular flexibility index (Phi) is 8.13. The molecule has 3 aromatic heterocycles. The van der Waals surface area contributed by atoms with Crippen LogP contribution in [-0.2, 0) is 13.1 Å². The fourth-order valence-electron chi connectivity index (χ4n) is 5.34. The summed E-state index contributed by atoms with van der Waals surface area (Å²) in [5, 5.41) is 15.5. The number of carbonyl (C=O) groups is 1. The predicted molar refractivity (Wildman–Crippen MR) is 170 cm³/mol. The molecule has 0 spiro atoms. The second-order valence-electron chi connectivity index (χ2n) is 10.8. The molecule has 12 heteroatoms. The summed E-state index contributed by atoms with van der Waals surface area (Å²) < 4.78 is 27.8. The number of nitrogens with zero attached hydrogens (tertiary/aromatic N) is 4. The van der Waals surface area contributed by atoms with E-state index in [1.54, 1.807) is 66.7 Å². The standard InChI is InChI=1S/C33H25FN4O6S.CH4/c1-43-22-12-10-18(11-13-22)27(39)17-37-30(40)25-15-28(19-6-7-19)45-31(25)38(33(37)42)16-21-9-8-20(14-26(21)34)23-4-2-3-5-24(23)29-35-32(41)44-36-29;/h2-5,8-15,19H,6-7,16-17H2,1H3,(H,35,36,41);1H4/p-1. The number of hydrogen-bond donors (Lipinski definition) is 0. The zero-order valence-corrected chi connectivity index (χ0v) is 24.7. The number of aromatic nitrogens is 4. The molecule has 10 nitrogen and oxygen atoms in total. The Bertz CT molecular complexity index is 2210. The minimum absolute atomic E-state index is 0. The van der Waals surface area contributed by atoms with Crippen molar-refractivity contribution in [2.24, 2.45) is 0 Å². The van der Waals surface area contributed by atoms with Crippen molar-refractivity contribution < 1.29 is 23.6 Å². The lowest BCUT2D eigenvalue weighted by molar-refractivity contribution is -0.303. The molecule has 1 fully saturated rings. The van der Waals surface area contributed by atoms with Gasteiger partial charge in [-0.05, 0) is 66.3 Å². The van der Waals surface area contributed by atoms with E-state index < -0.39 is 35.5 Å². The Morgan fingerprint density at radius 2 is 1.78 bits per heavy atom. The molecule has 3 heterocycles. The summed E-state index contributed by atoms with van der Waals surface area (Å²) in [5.74, 6) is -0.00928. The molecule has 0 atom stereocenters. The Labute approximate surface area is 266 Å². The molecule has 7 rings (SSSR count). The number of halogens is 1. The third-order valence-corrected chi connectivity index (χ3v) is 9.20. The molecular formula is C34H28FN4O6S-. The predicted octanol–water partition coefficient (Wildman–Crippen LogP) is 5.61. The molecule has 0 unspecified atom stereocenters. The summed E-state index contributed by atoms with van der Waals surface area (Å²) in [5.41, 5.74) is 0.878. The van der Waals surface area contributed by atoms with E-state index in [0.29, 0.717) is 44.1 Å². The number of thiophene rings is 1. The van der Waals surface area contributed by atoms with E-state index in [9.17, 15) is 19.5 Å². The highest BCUT2D eigenvalue weighted by molar-refractivity contribution is 7.18. The van der Waals surface area contributed by atoms with Crippen molar-refractivity contribution in [2.75, 3.05) is 7.11 Å². The molecule has 3 aromatic carbocycles. The number of hydrogen-bond acceptors (Lipinski definition) is 9. The topological polar surface area (TPSA) is 132 Å². The normalized spacial score (nSPS) is 12.7. The second-order valence-corrected chi connectivity index (χ2v) is 11.9. The molecule has 0 bridgehead atoms. The molecule has 0 amide bonds. The van der Waals surface area contributed by atoms with Crippen LogP contribution in [0.25, 0.3) is 32.7 Å². The average molecular weight is 640 g/mol. The first kappa shape index (κ1) is 30.7. The van der Waals surface area contributed by atoms with Crippen LogP contribution in [-0.4, -0.2) is 32.2 Å². The highest BCUT2D eigenvalue weighted by Crippen LogP contribution is 2.44. The number of carbonyl (C=O) groups excluding carboxylic acids is 1. The molecule has 46 heavy (non-hydrogen) atoms. The molecule has 234 valence electrons. The minimum atomic E-state index is -0.830. The van der Waals surface area contributed by atoms with Crippen LogP contribution in [0.15, 0.2) is 86.9 Å². The van der Waals surface area contributed by atoms with Gasteiger partial charge in [0.1, 0.15) is 16.4 Å². The third-order valence-electron chi connectivity index (χ3n) is 7.88. The van der Waals surface area contributed by atoms with Gasteiger partial charge in [-0.25, -0.2) is 14.2 Å². The van der Waals surface area contributed by atoms with Crippen molar-refractivity contribution in [3.63, 3.8) is 0 Å². The van der Waals surface area contributed by atoms with Crippen LogP contribution in [0.3, 0.4) is 0 Å². The second kappa shape index (κ2) is 12.2. The van der Waals surface area contributed by atoms with Gasteiger partial charge in [-0.3, -0.25) is 18.7 Å². The minimum Gasteiger partial charge on any atom is -0.528 e. The quantitative estimate of drug-likeness (QED) is 0.187. The number of benzene rings is 3. The zero-order chi connectivity index (χ0) is 31.2. The first-order valence-electron chi connectivity index (χ1n) is 14.1. The molecule has 0 saturated heterocycles. The third kappa shape index (κ3) is 5.63. The van der Waals surface area contributed by atoms with Crippen molar-refractivity contribution in [1.29, 1.82) is 0 Å². The van der Waals surface area contributed by atoms with Crippen molar-refractivity contribution in [3.8, 4) is 34.3 Å². The van der Waals surface area contributed by atoms with Crippen LogP contribution in [0.4, 0.5) is 4.39 Å². The maximum absolute atomic E-state index is 15.8. The summed E-state index contributed by atoms with van der Waals surface area (Å²) in [4.78, 5) is 45.8. The van der Waals surface area contributed by atoms with Gasteiger partial charge in [0.25, 0.3) is 5.56 Å². The summed E-state index contributed by atoms with van der Waals surface area (Å²) in [7, 11) is 1.51. The van der Waals surface area contributed by atoms with Crippen LogP contribution in [0.5, 0.6) is 11.8 Å². The van der Waals surface area contributed by atoms with E-state index in [4.69, 9.17) is 4.74 Å². The molecule has 1 saturated carbocycles. The van der Waals surface area contributed by atoms with Crippen molar-refractivity contribution in [1.82, 2.24) is 19.3 Å². The fraction of sp³-hybridized carbons (Fsp3) is 0.206. The van der Waals surface area contributed by atoms with E-state index in [-0.39, 0.29) is 25.4 Å².